The van der Waals surface area contributed by atoms with Crippen molar-refractivity contribution >= 4 is 5.69 Å². The van der Waals surface area contributed by atoms with E-state index >= 15 is 0 Å². The van der Waals surface area contributed by atoms with Crippen LogP contribution in [0.25, 0.3) is 0 Å². The topological polar surface area (TPSA) is 43.1 Å². The summed E-state index contributed by atoms with van der Waals surface area (Å²) in [6, 6.07) is 8.51. The largest absolute Gasteiger partial charge is 1.00 e. The fourth-order valence-corrected chi connectivity index (χ4v) is 0.500. The van der Waals surface area contributed by atoms with Crippen LogP contribution in [-0.4, -0.2) is 4.92 Å². The molecule has 4 heteroatoms. The third kappa shape index (κ3) is 2.17. The monoisotopic (exact) mass is 185 g/mol. The van der Waals surface area contributed by atoms with Gasteiger partial charge in [-0.1, -0.05) is 12.1 Å². The van der Waals surface area contributed by atoms with Crippen LogP contribution in [0.4, 0.5) is 5.69 Å². The number of benzene rings is 1. The fourth-order valence-electron chi connectivity index (χ4n) is 0.500. The molecule has 0 saturated carbocycles. The van der Waals surface area contributed by atoms with Gasteiger partial charge >= 0.3 is 17.1 Å². The molecule has 0 unspecified atom stereocenters. The SMILES string of the molecule is O=[N+]([O-])c1cc[c-]cc1.[Cu+]. The van der Waals surface area contributed by atoms with E-state index in [2.05, 4.69) is 6.07 Å². The quantitative estimate of drug-likeness (QED) is 0.287. The van der Waals surface area contributed by atoms with Crippen LogP contribution >= 0.6 is 0 Å². The smallest absolute Gasteiger partial charge is 0.260 e. The molecule has 1 aromatic carbocycles. The standard InChI is InChI=1S/C6H4NO2.Cu/c8-7(9)6-4-2-1-3-5-6;/h2-5H;/q-1;+1. The Morgan fingerprint density at radius 1 is 1.40 bits per heavy atom. The van der Waals surface area contributed by atoms with Crippen LogP contribution in [0.1, 0.15) is 0 Å². The maximum absolute atomic E-state index is 9.99. The minimum absolute atomic E-state index is 0. The van der Waals surface area contributed by atoms with Crippen molar-refractivity contribution < 1.29 is 22.0 Å². The maximum Gasteiger partial charge on any atom is 1.00 e. The average Bonchev–Trinajstić information content (AvgIpc) is 1.90. The Hall–Kier alpha value is -0.861. The second kappa shape index (κ2) is 4.04. The summed E-state index contributed by atoms with van der Waals surface area (Å²) in [6.45, 7) is 0. The molecule has 0 radical (unpaired) electrons. The second-order valence-electron chi connectivity index (χ2n) is 1.52. The third-order valence-electron chi connectivity index (χ3n) is 0.911. The van der Waals surface area contributed by atoms with Crippen molar-refractivity contribution in [3.8, 4) is 0 Å². The predicted octanol–water partition coefficient (Wildman–Crippen LogP) is 1.39. The molecule has 56 valence electrons. The number of non-ortho nitro benzene ring substituents is 1. The van der Waals surface area contributed by atoms with E-state index in [9.17, 15) is 10.1 Å². The van der Waals surface area contributed by atoms with Gasteiger partial charge in [-0.05, 0) is 0 Å². The van der Waals surface area contributed by atoms with E-state index in [0.29, 0.717) is 0 Å². The zero-order valence-corrected chi connectivity index (χ0v) is 5.82. The van der Waals surface area contributed by atoms with Gasteiger partial charge in [0.05, 0.1) is 0 Å². The van der Waals surface area contributed by atoms with Crippen molar-refractivity contribution in [2.75, 3.05) is 0 Å². The molecule has 0 saturated heterocycles. The first-order valence-electron chi connectivity index (χ1n) is 2.41. The van der Waals surface area contributed by atoms with Gasteiger partial charge in [-0.2, -0.15) is 18.2 Å². The molecule has 0 fully saturated rings. The average molecular weight is 186 g/mol. The first-order chi connectivity index (χ1) is 4.30. The van der Waals surface area contributed by atoms with Crippen molar-refractivity contribution in [1.29, 1.82) is 0 Å². The van der Waals surface area contributed by atoms with Gasteiger partial charge in [0.25, 0.3) is 0 Å². The van der Waals surface area contributed by atoms with E-state index < -0.39 is 4.92 Å². The van der Waals surface area contributed by atoms with Gasteiger partial charge in [-0.15, -0.1) is 0 Å². The van der Waals surface area contributed by atoms with Gasteiger partial charge in [-0.25, -0.2) is 0 Å². The molecule has 1 aromatic rings. The Bertz CT molecular complexity index is 212. The van der Waals surface area contributed by atoms with Crippen LogP contribution in [0.3, 0.4) is 0 Å². The zero-order chi connectivity index (χ0) is 6.69. The maximum atomic E-state index is 9.99. The Morgan fingerprint density at radius 2 is 1.90 bits per heavy atom. The molecule has 0 spiro atoms. The third-order valence-corrected chi connectivity index (χ3v) is 0.911. The number of nitrogens with zero attached hydrogens (tertiary/aromatic N) is 1. The summed E-state index contributed by atoms with van der Waals surface area (Å²) in [5.74, 6) is 0. The van der Waals surface area contributed by atoms with Crippen LogP contribution in [0.2, 0.25) is 0 Å². The molecular formula is C6H4CuNO2. The van der Waals surface area contributed by atoms with Gasteiger partial charge in [0.2, 0.25) is 0 Å². The summed E-state index contributed by atoms with van der Waals surface area (Å²) in [5, 5.41) is 9.99. The van der Waals surface area contributed by atoms with E-state index in [-0.39, 0.29) is 22.8 Å². The Labute approximate surface area is 68.7 Å². The summed E-state index contributed by atoms with van der Waals surface area (Å²) in [6.07, 6.45) is 0. The number of rotatable bonds is 1. The molecule has 0 amide bonds. The van der Waals surface area contributed by atoms with Gasteiger partial charge in [0.1, 0.15) is 0 Å². The molecular weight excluding hydrogens is 182 g/mol. The zero-order valence-electron chi connectivity index (χ0n) is 4.87. The predicted molar refractivity (Wildman–Crippen MR) is 31.9 cm³/mol. The Balaban J connectivity index is 0.000000810. The molecule has 3 nitrogen and oxygen atoms in total. The number of nitro benzene ring substituents is 1. The molecule has 0 bridgehead atoms. The molecule has 0 aromatic heterocycles. The Morgan fingerprint density at radius 3 is 2.20 bits per heavy atom. The van der Waals surface area contributed by atoms with Gasteiger partial charge in [0, 0.05) is 4.92 Å². The van der Waals surface area contributed by atoms with E-state index in [1.165, 1.54) is 24.3 Å². The van der Waals surface area contributed by atoms with Crippen LogP contribution in [0.5, 0.6) is 0 Å². The first kappa shape index (κ1) is 9.14. The Kier molecular flexibility index (Phi) is 3.69. The molecule has 0 N–H and O–H groups in total. The molecule has 0 aliphatic heterocycles. The molecule has 1 rings (SSSR count). The van der Waals surface area contributed by atoms with Crippen molar-refractivity contribution in [2.24, 2.45) is 0 Å². The molecule has 0 aliphatic rings. The van der Waals surface area contributed by atoms with Crippen molar-refractivity contribution in [2.45, 2.75) is 0 Å². The fraction of sp³-hybridized carbons (Fsp3) is 0. The molecule has 0 atom stereocenters. The summed E-state index contributed by atoms with van der Waals surface area (Å²) >= 11 is 0. The van der Waals surface area contributed by atoms with Crippen molar-refractivity contribution in [3.63, 3.8) is 0 Å². The van der Waals surface area contributed by atoms with Crippen molar-refractivity contribution in [1.82, 2.24) is 0 Å². The normalized spacial score (nSPS) is 8.00. The summed E-state index contributed by atoms with van der Waals surface area (Å²) in [5.41, 5.74) is 0.105. The van der Waals surface area contributed by atoms with Gasteiger partial charge < -0.3 is 0 Å². The molecule has 0 heterocycles. The number of nitro groups is 1. The minimum atomic E-state index is -0.437. The van der Waals surface area contributed by atoms with Crippen LogP contribution < -0.4 is 0 Å². The second-order valence-corrected chi connectivity index (χ2v) is 1.52. The van der Waals surface area contributed by atoms with Crippen LogP contribution in [-0.2, 0) is 17.1 Å². The van der Waals surface area contributed by atoms with Gasteiger partial charge in [-0.3, -0.25) is 10.1 Å². The van der Waals surface area contributed by atoms with E-state index in [1.54, 1.807) is 0 Å². The first-order valence-corrected chi connectivity index (χ1v) is 2.41. The minimum Gasteiger partial charge on any atom is -0.260 e. The number of hydrogen-bond donors (Lipinski definition) is 0. The van der Waals surface area contributed by atoms with E-state index in [1.807, 2.05) is 0 Å². The van der Waals surface area contributed by atoms with Gasteiger partial charge in [0.15, 0.2) is 5.69 Å². The molecule has 10 heavy (non-hydrogen) atoms. The summed E-state index contributed by atoms with van der Waals surface area (Å²) in [7, 11) is 0. The van der Waals surface area contributed by atoms with Crippen molar-refractivity contribution in [3.05, 3.63) is 40.4 Å². The van der Waals surface area contributed by atoms with E-state index in [4.69, 9.17) is 0 Å². The number of hydrogen-bond acceptors (Lipinski definition) is 2. The molecule has 0 aliphatic carbocycles. The van der Waals surface area contributed by atoms with Crippen LogP contribution in [0.15, 0.2) is 24.3 Å². The summed E-state index contributed by atoms with van der Waals surface area (Å²) in [4.78, 5) is 9.56. The van der Waals surface area contributed by atoms with Crippen LogP contribution in [0, 0.1) is 16.2 Å². The van der Waals surface area contributed by atoms with E-state index in [0.717, 1.165) is 0 Å². The summed E-state index contributed by atoms with van der Waals surface area (Å²) < 4.78 is 0.